The molecule has 1 aliphatic rings. The molecule has 2 heterocycles. The normalized spacial score (nSPS) is 14.1. The molecule has 0 saturated carbocycles. The molecule has 1 aliphatic heterocycles. The van der Waals surface area contributed by atoms with Crippen LogP contribution in [0, 0.1) is 13.8 Å². The van der Waals surface area contributed by atoms with Crippen LogP contribution in [0.1, 0.15) is 16.0 Å². The van der Waals surface area contributed by atoms with Crippen LogP contribution in [0.25, 0.3) is 5.57 Å². The van der Waals surface area contributed by atoms with Gasteiger partial charge >= 0.3 is 0 Å². The second kappa shape index (κ2) is 7.67. The number of hydrogen-bond donors (Lipinski definition) is 1. The maximum absolute atomic E-state index is 13.4. The van der Waals surface area contributed by atoms with E-state index in [0.717, 1.165) is 16.0 Å². The lowest BCUT2D eigenvalue weighted by atomic mass is 10.1. The number of thiophene rings is 1. The highest BCUT2D eigenvalue weighted by Crippen LogP contribution is 2.37. The van der Waals surface area contributed by atoms with Crippen LogP contribution in [0.15, 0.2) is 59.6 Å². The Morgan fingerprint density at radius 1 is 0.897 bits per heavy atom. The van der Waals surface area contributed by atoms with Crippen molar-refractivity contribution in [2.24, 2.45) is 0 Å². The standard InChI is InChI=1S/C22H16Cl2N2O2S/c1-12-10-14(23)5-7-16(12)25-20-19(18-4-3-9-29-18)21(27)26(22(20)28)17-8-6-15(24)11-13(17)2/h3-11,25H,1-2H3. The number of nitrogens with one attached hydrogen (secondary N) is 1. The maximum Gasteiger partial charge on any atom is 0.282 e. The van der Waals surface area contributed by atoms with Crippen LogP contribution in [-0.2, 0) is 9.59 Å². The first-order chi connectivity index (χ1) is 13.9. The molecule has 0 spiro atoms. The summed E-state index contributed by atoms with van der Waals surface area (Å²) in [5, 5.41) is 6.20. The number of hydrogen-bond acceptors (Lipinski definition) is 4. The van der Waals surface area contributed by atoms with Gasteiger partial charge in [-0.1, -0.05) is 29.3 Å². The Morgan fingerprint density at radius 2 is 1.59 bits per heavy atom. The minimum atomic E-state index is -0.404. The Morgan fingerprint density at radius 3 is 2.21 bits per heavy atom. The lowest BCUT2D eigenvalue weighted by Crippen LogP contribution is -2.33. The van der Waals surface area contributed by atoms with E-state index >= 15 is 0 Å². The Hall–Kier alpha value is -2.60. The minimum Gasteiger partial charge on any atom is -0.350 e. The van der Waals surface area contributed by atoms with Crippen molar-refractivity contribution >= 4 is 63.3 Å². The molecule has 0 atom stereocenters. The third kappa shape index (κ3) is 3.57. The predicted molar refractivity (Wildman–Crippen MR) is 120 cm³/mol. The first-order valence-corrected chi connectivity index (χ1v) is 10.5. The molecule has 146 valence electrons. The van der Waals surface area contributed by atoms with Crippen LogP contribution in [0.5, 0.6) is 0 Å². The quantitative estimate of drug-likeness (QED) is 0.498. The van der Waals surface area contributed by atoms with E-state index in [0.29, 0.717) is 27.0 Å². The number of carbonyl (C=O) groups is 2. The molecule has 29 heavy (non-hydrogen) atoms. The van der Waals surface area contributed by atoms with Crippen molar-refractivity contribution in [1.82, 2.24) is 0 Å². The Kier molecular flexibility index (Phi) is 5.21. The van der Waals surface area contributed by atoms with Gasteiger partial charge in [0.15, 0.2) is 0 Å². The molecular formula is C22H16Cl2N2O2S. The summed E-state index contributed by atoms with van der Waals surface area (Å²) in [4.78, 5) is 28.7. The summed E-state index contributed by atoms with van der Waals surface area (Å²) in [6.45, 7) is 3.71. The molecular weight excluding hydrogens is 427 g/mol. The van der Waals surface area contributed by atoms with E-state index in [-0.39, 0.29) is 11.6 Å². The molecule has 0 bridgehead atoms. The largest absolute Gasteiger partial charge is 0.350 e. The van der Waals surface area contributed by atoms with E-state index in [4.69, 9.17) is 23.2 Å². The number of imide groups is 1. The number of benzene rings is 2. The van der Waals surface area contributed by atoms with Gasteiger partial charge < -0.3 is 5.32 Å². The molecule has 1 N–H and O–H groups in total. The van der Waals surface area contributed by atoms with Crippen LogP contribution in [0.2, 0.25) is 10.0 Å². The number of carbonyl (C=O) groups excluding carboxylic acids is 2. The Balaban J connectivity index is 1.83. The number of rotatable bonds is 4. The molecule has 0 radical (unpaired) electrons. The van der Waals surface area contributed by atoms with Crippen LogP contribution in [0.4, 0.5) is 11.4 Å². The van der Waals surface area contributed by atoms with Crippen LogP contribution >= 0.6 is 34.5 Å². The molecule has 2 amide bonds. The Labute approximate surface area is 182 Å². The number of halogens is 2. The molecule has 0 fully saturated rings. The molecule has 7 heteroatoms. The van der Waals surface area contributed by atoms with E-state index in [2.05, 4.69) is 5.32 Å². The Bertz CT molecular complexity index is 1170. The predicted octanol–water partition coefficient (Wildman–Crippen LogP) is 6.07. The first kappa shape index (κ1) is 19.7. The fourth-order valence-corrected chi connectivity index (χ4v) is 4.51. The molecule has 2 aromatic carbocycles. The van der Waals surface area contributed by atoms with E-state index in [1.165, 1.54) is 16.2 Å². The minimum absolute atomic E-state index is 0.247. The summed E-state index contributed by atoms with van der Waals surface area (Å²) in [6.07, 6.45) is 0. The number of anilines is 2. The van der Waals surface area contributed by atoms with E-state index in [9.17, 15) is 9.59 Å². The van der Waals surface area contributed by atoms with Gasteiger partial charge in [-0.25, -0.2) is 4.90 Å². The topological polar surface area (TPSA) is 49.4 Å². The van der Waals surface area contributed by atoms with Gasteiger partial charge in [0.25, 0.3) is 11.8 Å². The zero-order chi connectivity index (χ0) is 20.7. The van der Waals surface area contributed by atoms with Gasteiger partial charge in [0.05, 0.1) is 11.3 Å². The van der Waals surface area contributed by atoms with Gasteiger partial charge in [0.2, 0.25) is 0 Å². The highest BCUT2D eigenvalue weighted by molar-refractivity contribution is 7.11. The summed E-state index contributed by atoms with van der Waals surface area (Å²) >= 11 is 13.5. The van der Waals surface area contributed by atoms with E-state index in [1.807, 2.05) is 31.4 Å². The second-order valence-electron chi connectivity index (χ2n) is 6.69. The first-order valence-electron chi connectivity index (χ1n) is 8.83. The van der Waals surface area contributed by atoms with Crippen molar-refractivity contribution in [2.75, 3.05) is 10.2 Å². The summed E-state index contributed by atoms with van der Waals surface area (Å²) in [6, 6.07) is 14.1. The van der Waals surface area contributed by atoms with Crippen LogP contribution in [0.3, 0.4) is 0 Å². The van der Waals surface area contributed by atoms with Crippen LogP contribution in [-0.4, -0.2) is 11.8 Å². The summed E-state index contributed by atoms with van der Waals surface area (Å²) in [5.41, 5.74) is 3.45. The molecule has 0 aliphatic carbocycles. The SMILES string of the molecule is Cc1cc(Cl)ccc1NC1=C(c2cccs2)C(=O)N(c2ccc(Cl)cc2C)C1=O. The molecule has 4 nitrogen and oxygen atoms in total. The van der Waals surface area contributed by atoms with Crippen molar-refractivity contribution < 1.29 is 9.59 Å². The van der Waals surface area contributed by atoms with Crippen molar-refractivity contribution in [1.29, 1.82) is 0 Å². The monoisotopic (exact) mass is 442 g/mol. The van der Waals surface area contributed by atoms with Gasteiger partial charge in [-0.05, 0) is 72.8 Å². The smallest absolute Gasteiger partial charge is 0.282 e. The van der Waals surface area contributed by atoms with Gasteiger partial charge in [-0.3, -0.25) is 9.59 Å². The zero-order valence-electron chi connectivity index (χ0n) is 15.6. The number of amides is 2. The summed E-state index contributed by atoms with van der Waals surface area (Å²) in [7, 11) is 0. The third-order valence-corrected chi connectivity index (χ3v) is 6.06. The van der Waals surface area contributed by atoms with Crippen LogP contribution < -0.4 is 10.2 Å². The highest BCUT2D eigenvalue weighted by Gasteiger charge is 2.41. The molecule has 0 unspecified atom stereocenters. The maximum atomic E-state index is 13.4. The lowest BCUT2D eigenvalue weighted by Gasteiger charge is -2.18. The van der Waals surface area contributed by atoms with E-state index in [1.54, 1.807) is 36.4 Å². The number of aryl methyl sites for hydroxylation is 2. The summed E-state index contributed by atoms with van der Waals surface area (Å²) < 4.78 is 0. The zero-order valence-corrected chi connectivity index (χ0v) is 18.0. The number of nitrogens with zero attached hydrogens (tertiary/aromatic N) is 1. The highest BCUT2D eigenvalue weighted by atomic mass is 35.5. The van der Waals surface area contributed by atoms with Gasteiger partial charge in [0.1, 0.15) is 5.70 Å². The van der Waals surface area contributed by atoms with Gasteiger partial charge in [-0.2, -0.15) is 0 Å². The molecule has 1 aromatic heterocycles. The second-order valence-corrected chi connectivity index (χ2v) is 8.51. The third-order valence-electron chi connectivity index (χ3n) is 4.70. The molecule has 4 rings (SSSR count). The molecule has 0 saturated heterocycles. The lowest BCUT2D eigenvalue weighted by molar-refractivity contribution is -0.120. The van der Waals surface area contributed by atoms with Crippen molar-refractivity contribution in [3.8, 4) is 0 Å². The van der Waals surface area contributed by atoms with Crippen molar-refractivity contribution in [2.45, 2.75) is 13.8 Å². The average Bonchev–Trinajstić information content (AvgIpc) is 3.26. The fraction of sp³-hybridized carbons (Fsp3) is 0.0909. The average molecular weight is 443 g/mol. The summed E-state index contributed by atoms with van der Waals surface area (Å²) in [5.74, 6) is -0.768. The van der Waals surface area contributed by atoms with Gasteiger partial charge in [0, 0.05) is 20.6 Å². The van der Waals surface area contributed by atoms with Gasteiger partial charge in [-0.15, -0.1) is 11.3 Å². The van der Waals surface area contributed by atoms with Crippen molar-refractivity contribution in [3.05, 3.63) is 85.7 Å². The molecule has 3 aromatic rings. The fourth-order valence-electron chi connectivity index (χ4n) is 3.29. The van der Waals surface area contributed by atoms with Crippen molar-refractivity contribution in [3.63, 3.8) is 0 Å². The van der Waals surface area contributed by atoms with E-state index < -0.39 is 5.91 Å².